The van der Waals surface area contributed by atoms with Crippen LogP contribution in [0.2, 0.25) is 0 Å². The van der Waals surface area contributed by atoms with Crippen molar-refractivity contribution in [1.29, 1.82) is 0 Å². The molecule has 0 heterocycles. The van der Waals surface area contributed by atoms with Crippen LogP contribution in [0.5, 0.6) is 0 Å². The molecule has 1 fully saturated rings. The molecule has 0 bridgehead atoms. The number of nitrogens with zero attached hydrogens (tertiary/aromatic N) is 1. The van der Waals surface area contributed by atoms with Gasteiger partial charge in [-0.2, -0.15) is 0 Å². The Morgan fingerprint density at radius 2 is 1.72 bits per heavy atom. The third-order valence-corrected chi connectivity index (χ3v) is 4.73. The minimum absolute atomic E-state index is 0.00516. The van der Waals surface area contributed by atoms with Gasteiger partial charge in [-0.1, -0.05) is 32.1 Å². The number of hydrogen-bond donors (Lipinski definition) is 0. The van der Waals surface area contributed by atoms with Gasteiger partial charge in [-0.25, -0.2) is 8.78 Å². The fraction of sp³-hybridized carbons (Fsp3) is 0.579. The predicted molar refractivity (Wildman–Crippen MR) is 90.1 cm³/mol. The summed E-state index contributed by atoms with van der Waals surface area (Å²) in [5, 5.41) is 0. The molecule has 1 aromatic rings. The van der Waals surface area contributed by atoms with Crippen LogP contribution < -0.4 is 0 Å². The summed E-state index contributed by atoms with van der Waals surface area (Å²) in [6.45, 7) is 0.217. The van der Waals surface area contributed by atoms with E-state index in [9.17, 15) is 18.4 Å². The fourth-order valence-electron chi connectivity index (χ4n) is 3.30. The average molecular weight is 353 g/mol. The van der Waals surface area contributed by atoms with Gasteiger partial charge in [-0.3, -0.25) is 9.59 Å². The lowest BCUT2D eigenvalue weighted by Gasteiger charge is -2.33. The number of ether oxygens (including phenoxy) is 1. The molecule has 0 aromatic heterocycles. The van der Waals surface area contributed by atoms with Gasteiger partial charge < -0.3 is 9.64 Å². The smallest absolute Gasteiger partial charge is 0.307 e. The summed E-state index contributed by atoms with van der Waals surface area (Å²) < 4.78 is 31.3. The highest BCUT2D eigenvalue weighted by molar-refractivity contribution is 5.94. The Balaban J connectivity index is 2.20. The largest absolute Gasteiger partial charge is 0.469 e. The Morgan fingerprint density at radius 3 is 2.32 bits per heavy atom. The van der Waals surface area contributed by atoms with Crippen molar-refractivity contribution in [3.8, 4) is 0 Å². The van der Waals surface area contributed by atoms with E-state index in [2.05, 4.69) is 4.74 Å². The number of methoxy groups -OCH3 is 1. The maximum atomic E-state index is 13.5. The molecule has 0 radical (unpaired) electrons. The molecule has 1 aromatic carbocycles. The van der Waals surface area contributed by atoms with E-state index in [-0.39, 0.29) is 30.5 Å². The molecular weight excluding hydrogens is 328 g/mol. The van der Waals surface area contributed by atoms with Crippen molar-refractivity contribution in [2.24, 2.45) is 0 Å². The van der Waals surface area contributed by atoms with Gasteiger partial charge in [-0.05, 0) is 31.0 Å². The number of rotatable bonds is 5. The molecule has 138 valence electrons. The minimum atomic E-state index is -1.04. The standard InChI is InChI=1S/C19H25F2NO3/c1-25-18(23)11-12-22(15-7-5-3-2-4-6-8-15)19(24)14-9-10-16(20)17(21)13-14/h9-10,13,15H,2-8,11-12H2,1H3. The van der Waals surface area contributed by atoms with Gasteiger partial charge in [0.2, 0.25) is 0 Å². The summed E-state index contributed by atoms with van der Waals surface area (Å²) in [6, 6.07) is 3.17. The average Bonchev–Trinajstić information content (AvgIpc) is 2.58. The van der Waals surface area contributed by atoms with Crippen LogP contribution >= 0.6 is 0 Å². The highest BCUT2D eigenvalue weighted by Crippen LogP contribution is 2.24. The molecule has 1 amide bonds. The van der Waals surface area contributed by atoms with Gasteiger partial charge in [0.05, 0.1) is 13.5 Å². The van der Waals surface area contributed by atoms with Crippen LogP contribution in [0, 0.1) is 11.6 Å². The minimum Gasteiger partial charge on any atom is -0.469 e. The van der Waals surface area contributed by atoms with Crippen molar-refractivity contribution >= 4 is 11.9 Å². The van der Waals surface area contributed by atoms with Crippen molar-refractivity contribution < 1.29 is 23.1 Å². The summed E-state index contributed by atoms with van der Waals surface area (Å²) in [7, 11) is 1.31. The molecule has 1 aliphatic carbocycles. The second kappa shape index (κ2) is 9.49. The van der Waals surface area contributed by atoms with Gasteiger partial charge in [0.1, 0.15) is 0 Å². The maximum Gasteiger partial charge on any atom is 0.307 e. The Labute approximate surface area is 147 Å². The van der Waals surface area contributed by atoms with Crippen LogP contribution in [-0.4, -0.2) is 36.5 Å². The van der Waals surface area contributed by atoms with Crippen LogP contribution in [0.15, 0.2) is 18.2 Å². The lowest BCUT2D eigenvalue weighted by Crippen LogP contribution is -2.42. The number of esters is 1. The third-order valence-electron chi connectivity index (χ3n) is 4.73. The van der Waals surface area contributed by atoms with Gasteiger partial charge >= 0.3 is 5.97 Å². The zero-order valence-corrected chi connectivity index (χ0v) is 14.6. The van der Waals surface area contributed by atoms with Crippen molar-refractivity contribution in [3.63, 3.8) is 0 Å². The first-order valence-electron chi connectivity index (χ1n) is 8.85. The molecule has 0 spiro atoms. The molecule has 1 saturated carbocycles. The summed E-state index contributed by atoms with van der Waals surface area (Å²) >= 11 is 0. The van der Waals surface area contributed by atoms with Gasteiger partial charge in [-0.15, -0.1) is 0 Å². The van der Waals surface area contributed by atoms with E-state index >= 15 is 0 Å². The lowest BCUT2D eigenvalue weighted by atomic mass is 9.95. The molecular formula is C19H25F2NO3. The fourth-order valence-corrected chi connectivity index (χ4v) is 3.30. The first kappa shape index (κ1) is 19.3. The molecule has 25 heavy (non-hydrogen) atoms. The van der Waals surface area contributed by atoms with E-state index in [4.69, 9.17) is 0 Å². The van der Waals surface area contributed by atoms with Crippen molar-refractivity contribution in [2.45, 2.75) is 57.4 Å². The summed E-state index contributed by atoms with van der Waals surface area (Å²) in [5.41, 5.74) is 0.103. The van der Waals surface area contributed by atoms with Gasteiger partial charge in [0.15, 0.2) is 11.6 Å². The van der Waals surface area contributed by atoms with E-state index in [1.165, 1.54) is 19.6 Å². The first-order valence-corrected chi connectivity index (χ1v) is 8.85. The molecule has 0 aliphatic heterocycles. The lowest BCUT2D eigenvalue weighted by molar-refractivity contribution is -0.140. The van der Waals surface area contributed by atoms with E-state index < -0.39 is 17.6 Å². The summed E-state index contributed by atoms with van der Waals surface area (Å²) in [5.74, 6) is -2.79. The van der Waals surface area contributed by atoms with E-state index in [1.54, 1.807) is 4.90 Å². The maximum absolute atomic E-state index is 13.5. The zero-order valence-electron chi connectivity index (χ0n) is 14.6. The van der Waals surface area contributed by atoms with Crippen molar-refractivity contribution in [3.05, 3.63) is 35.4 Å². The molecule has 0 atom stereocenters. The molecule has 1 aliphatic rings. The van der Waals surface area contributed by atoms with Crippen LogP contribution in [0.4, 0.5) is 8.78 Å². The molecule has 4 nitrogen and oxygen atoms in total. The second-order valence-corrected chi connectivity index (χ2v) is 6.45. The number of amides is 1. The molecule has 0 saturated heterocycles. The number of carbonyl (C=O) groups excluding carboxylic acids is 2. The Hall–Kier alpha value is -1.98. The Kier molecular flexibility index (Phi) is 7.34. The Morgan fingerprint density at radius 1 is 1.08 bits per heavy atom. The summed E-state index contributed by atoms with van der Waals surface area (Å²) in [6.07, 6.45) is 7.29. The summed E-state index contributed by atoms with van der Waals surface area (Å²) in [4.78, 5) is 26.0. The van der Waals surface area contributed by atoms with E-state index in [1.807, 2.05) is 0 Å². The molecule has 6 heteroatoms. The number of halogens is 2. The quantitative estimate of drug-likeness (QED) is 0.749. The highest BCUT2D eigenvalue weighted by atomic mass is 19.2. The number of hydrogen-bond acceptors (Lipinski definition) is 3. The van der Waals surface area contributed by atoms with E-state index in [0.717, 1.165) is 50.7 Å². The van der Waals surface area contributed by atoms with Crippen molar-refractivity contribution in [2.75, 3.05) is 13.7 Å². The monoisotopic (exact) mass is 353 g/mol. The SMILES string of the molecule is COC(=O)CCN(C(=O)c1ccc(F)c(F)c1)C1CCCCCCC1. The third kappa shape index (κ3) is 5.51. The molecule has 2 rings (SSSR count). The number of carbonyl (C=O) groups is 2. The van der Waals surface area contributed by atoms with E-state index in [0.29, 0.717) is 0 Å². The Bertz CT molecular complexity index is 598. The van der Waals surface area contributed by atoms with Crippen LogP contribution in [-0.2, 0) is 9.53 Å². The van der Waals surface area contributed by atoms with Crippen LogP contribution in [0.3, 0.4) is 0 Å². The highest BCUT2D eigenvalue weighted by Gasteiger charge is 2.26. The normalized spacial score (nSPS) is 16.0. The topological polar surface area (TPSA) is 46.6 Å². The van der Waals surface area contributed by atoms with Crippen LogP contribution in [0.25, 0.3) is 0 Å². The van der Waals surface area contributed by atoms with Gasteiger partial charge in [0.25, 0.3) is 5.91 Å². The molecule has 0 unspecified atom stereocenters. The predicted octanol–water partition coefficient (Wildman–Crippen LogP) is 4.08. The zero-order chi connectivity index (χ0) is 18.2. The molecule has 0 N–H and O–H groups in total. The first-order chi connectivity index (χ1) is 12.0. The number of benzene rings is 1. The van der Waals surface area contributed by atoms with Gasteiger partial charge in [0, 0.05) is 18.2 Å². The second-order valence-electron chi connectivity index (χ2n) is 6.45. The van der Waals surface area contributed by atoms with Crippen molar-refractivity contribution in [1.82, 2.24) is 4.90 Å². The van der Waals surface area contributed by atoms with Crippen LogP contribution in [0.1, 0.15) is 61.7 Å².